The van der Waals surface area contributed by atoms with Gasteiger partial charge >= 0.3 is 0 Å². The van der Waals surface area contributed by atoms with Crippen LogP contribution in [0.1, 0.15) is 13.0 Å². The van der Waals surface area contributed by atoms with Crippen molar-refractivity contribution in [3.05, 3.63) is 42.5 Å². The van der Waals surface area contributed by atoms with Crippen LogP contribution < -0.4 is 0 Å². The Morgan fingerprint density at radius 3 is 2.20 bits per heavy atom. The molecule has 0 radical (unpaired) electrons. The van der Waals surface area contributed by atoms with Crippen LogP contribution in [0.3, 0.4) is 0 Å². The highest BCUT2D eigenvalue weighted by atomic mass is 16.3. The maximum absolute atomic E-state index is 8.81. The predicted molar refractivity (Wildman–Crippen MR) is 57.9 cm³/mol. The van der Waals surface area contributed by atoms with Crippen LogP contribution in [0.15, 0.2) is 36.9 Å². The fraction of sp³-hybridized carbons (Fsp3) is 0.182. The second kappa shape index (κ2) is 5.17. The molecule has 1 N–H and O–H groups in total. The van der Waals surface area contributed by atoms with Crippen molar-refractivity contribution in [2.24, 2.45) is 0 Å². The monoisotopic (exact) mass is 203 g/mol. The molecule has 2 rings (SSSR count). The van der Waals surface area contributed by atoms with Crippen LogP contribution >= 0.6 is 0 Å². The Morgan fingerprint density at radius 1 is 1.07 bits per heavy atom. The van der Waals surface area contributed by atoms with Crippen molar-refractivity contribution in [3.63, 3.8) is 0 Å². The van der Waals surface area contributed by atoms with Gasteiger partial charge in [-0.1, -0.05) is 7.43 Å². The molecule has 0 aliphatic heterocycles. The van der Waals surface area contributed by atoms with Gasteiger partial charge in [-0.05, 0) is 12.1 Å². The molecule has 0 unspecified atom stereocenters. The van der Waals surface area contributed by atoms with Crippen molar-refractivity contribution < 1.29 is 5.11 Å². The average Bonchev–Trinajstić information content (AvgIpc) is 2.30. The first-order chi connectivity index (χ1) is 6.90. The van der Waals surface area contributed by atoms with Gasteiger partial charge in [-0.25, -0.2) is 9.97 Å². The second-order valence-corrected chi connectivity index (χ2v) is 2.81. The minimum atomic E-state index is -0.0311. The third-order valence-electron chi connectivity index (χ3n) is 1.83. The quantitative estimate of drug-likeness (QED) is 0.806. The van der Waals surface area contributed by atoms with E-state index in [9.17, 15) is 0 Å². The van der Waals surface area contributed by atoms with Gasteiger partial charge < -0.3 is 5.11 Å². The van der Waals surface area contributed by atoms with Crippen LogP contribution in [0.2, 0.25) is 0 Å². The van der Waals surface area contributed by atoms with Gasteiger partial charge in [-0.15, -0.1) is 0 Å². The van der Waals surface area contributed by atoms with E-state index in [0.717, 1.165) is 5.56 Å². The van der Waals surface area contributed by atoms with Gasteiger partial charge in [0, 0.05) is 35.9 Å². The Morgan fingerprint density at radius 2 is 1.67 bits per heavy atom. The molecule has 4 heteroatoms. The summed E-state index contributed by atoms with van der Waals surface area (Å²) in [6.07, 6.45) is 6.61. The Bertz CT molecular complexity index is 400. The molecule has 0 fully saturated rings. The van der Waals surface area contributed by atoms with Gasteiger partial charge in [0.2, 0.25) is 0 Å². The van der Waals surface area contributed by atoms with Gasteiger partial charge in [-0.3, -0.25) is 4.98 Å². The van der Waals surface area contributed by atoms with Crippen molar-refractivity contribution in [2.75, 3.05) is 0 Å². The van der Waals surface area contributed by atoms with Crippen molar-refractivity contribution in [2.45, 2.75) is 14.0 Å². The molecule has 4 nitrogen and oxygen atoms in total. The maximum atomic E-state index is 8.81. The van der Waals surface area contributed by atoms with Crippen LogP contribution in [0, 0.1) is 0 Å². The number of hydrogen-bond acceptors (Lipinski definition) is 4. The van der Waals surface area contributed by atoms with Gasteiger partial charge in [0.15, 0.2) is 5.82 Å². The first-order valence-corrected chi connectivity index (χ1v) is 4.22. The van der Waals surface area contributed by atoms with Crippen molar-refractivity contribution in [3.8, 4) is 11.4 Å². The normalized spacial score (nSPS) is 9.40. The number of aromatic nitrogens is 3. The number of aliphatic hydroxyl groups is 1. The van der Waals surface area contributed by atoms with E-state index >= 15 is 0 Å². The maximum Gasteiger partial charge on any atom is 0.159 e. The largest absolute Gasteiger partial charge is 0.392 e. The lowest BCUT2D eigenvalue weighted by molar-refractivity contribution is 0.281. The average molecular weight is 203 g/mol. The zero-order chi connectivity index (χ0) is 9.80. The predicted octanol–water partition coefficient (Wildman–Crippen LogP) is 1.67. The third kappa shape index (κ3) is 2.57. The highest BCUT2D eigenvalue weighted by Gasteiger charge is 1.99. The zero-order valence-corrected chi connectivity index (χ0v) is 7.46. The topological polar surface area (TPSA) is 58.9 Å². The van der Waals surface area contributed by atoms with E-state index in [1.54, 1.807) is 24.8 Å². The lowest BCUT2D eigenvalue weighted by Gasteiger charge is -1.99. The number of aliphatic hydroxyl groups excluding tert-OH is 1. The van der Waals surface area contributed by atoms with Gasteiger partial charge in [0.25, 0.3) is 0 Å². The summed E-state index contributed by atoms with van der Waals surface area (Å²) in [5.74, 6) is 0.643. The van der Waals surface area contributed by atoms with Crippen molar-refractivity contribution in [1.82, 2.24) is 15.0 Å². The van der Waals surface area contributed by atoms with Crippen LogP contribution in [0.5, 0.6) is 0 Å². The first-order valence-electron chi connectivity index (χ1n) is 4.22. The molecular formula is C11H13N3O. The molecule has 0 bridgehead atoms. The lowest BCUT2D eigenvalue weighted by atomic mass is 10.2. The summed E-state index contributed by atoms with van der Waals surface area (Å²) in [7, 11) is 0. The molecule has 2 aromatic heterocycles. The zero-order valence-electron chi connectivity index (χ0n) is 7.46. The fourth-order valence-electron chi connectivity index (χ4n) is 1.09. The molecule has 0 aromatic carbocycles. The molecule has 0 saturated heterocycles. The molecule has 2 aromatic rings. The lowest BCUT2D eigenvalue weighted by Crippen LogP contribution is -1.92. The Balaban J connectivity index is 0.00000112. The smallest absolute Gasteiger partial charge is 0.159 e. The fourth-order valence-corrected chi connectivity index (χ4v) is 1.09. The van der Waals surface area contributed by atoms with E-state index in [0.29, 0.717) is 11.4 Å². The Kier molecular flexibility index (Phi) is 3.88. The van der Waals surface area contributed by atoms with Crippen LogP contribution in [0.25, 0.3) is 11.4 Å². The van der Waals surface area contributed by atoms with E-state index in [1.165, 1.54) is 0 Å². The minimum absolute atomic E-state index is 0. The van der Waals surface area contributed by atoms with E-state index in [2.05, 4.69) is 15.0 Å². The highest BCUT2D eigenvalue weighted by molar-refractivity contribution is 5.52. The summed E-state index contributed by atoms with van der Waals surface area (Å²) in [6.45, 7) is -0.0311. The Labute approximate surface area is 88.7 Å². The number of hydrogen-bond donors (Lipinski definition) is 1. The molecule has 0 saturated carbocycles. The van der Waals surface area contributed by atoms with Gasteiger partial charge in [0.1, 0.15) is 0 Å². The van der Waals surface area contributed by atoms with Crippen molar-refractivity contribution >= 4 is 0 Å². The van der Waals surface area contributed by atoms with Crippen LogP contribution in [-0.2, 0) is 6.61 Å². The van der Waals surface area contributed by atoms with Gasteiger partial charge in [-0.2, -0.15) is 0 Å². The summed E-state index contributed by atoms with van der Waals surface area (Å²) >= 11 is 0. The summed E-state index contributed by atoms with van der Waals surface area (Å²) < 4.78 is 0. The van der Waals surface area contributed by atoms with E-state index in [1.807, 2.05) is 12.1 Å². The van der Waals surface area contributed by atoms with Crippen LogP contribution in [0.4, 0.5) is 0 Å². The minimum Gasteiger partial charge on any atom is -0.392 e. The van der Waals surface area contributed by atoms with E-state index < -0.39 is 0 Å². The Hall–Kier alpha value is -1.81. The number of nitrogens with zero attached hydrogens (tertiary/aromatic N) is 3. The van der Waals surface area contributed by atoms with Crippen molar-refractivity contribution in [1.29, 1.82) is 0 Å². The van der Waals surface area contributed by atoms with E-state index in [4.69, 9.17) is 5.11 Å². The number of rotatable bonds is 2. The van der Waals surface area contributed by atoms with E-state index in [-0.39, 0.29) is 14.0 Å². The standard InChI is InChI=1S/C10H9N3O.CH4/c14-7-8-5-12-10(13-6-8)9-1-3-11-4-2-9;/h1-6,14H,7H2;1H4. The summed E-state index contributed by atoms with van der Waals surface area (Å²) in [4.78, 5) is 12.2. The molecule has 0 atom stereocenters. The van der Waals surface area contributed by atoms with Crippen LogP contribution in [-0.4, -0.2) is 20.1 Å². The summed E-state index contributed by atoms with van der Waals surface area (Å²) in [5.41, 5.74) is 1.63. The third-order valence-corrected chi connectivity index (χ3v) is 1.83. The molecule has 0 spiro atoms. The highest BCUT2D eigenvalue weighted by Crippen LogP contribution is 2.11. The molecule has 78 valence electrons. The first kappa shape index (κ1) is 11.3. The van der Waals surface area contributed by atoms with Gasteiger partial charge in [0.05, 0.1) is 6.61 Å². The molecule has 0 aliphatic carbocycles. The SMILES string of the molecule is C.OCc1cnc(-c2ccncc2)nc1. The summed E-state index contributed by atoms with van der Waals surface area (Å²) in [5, 5.41) is 8.81. The summed E-state index contributed by atoms with van der Waals surface area (Å²) in [6, 6.07) is 3.68. The molecule has 0 amide bonds. The second-order valence-electron chi connectivity index (χ2n) is 2.81. The molecule has 2 heterocycles. The molecule has 15 heavy (non-hydrogen) atoms. The molecular weight excluding hydrogens is 190 g/mol. The molecule has 0 aliphatic rings. The number of pyridine rings is 1.